The van der Waals surface area contributed by atoms with Crippen LogP contribution in [0.15, 0.2) is 48.5 Å². The summed E-state index contributed by atoms with van der Waals surface area (Å²) in [4.78, 5) is 29.0. The van der Waals surface area contributed by atoms with Crippen LogP contribution in [0.5, 0.6) is 0 Å². The Morgan fingerprint density at radius 2 is 1.74 bits per heavy atom. The number of aryl methyl sites for hydroxylation is 1. The Hall–Kier alpha value is -4.38. The van der Waals surface area contributed by atoms with Gasteiger partial charge in [-0.1, -0.05) is 12.1 Å². The molecule has 1 atom stereocenters. The summed E-state index contributed by atoms with van der Waals surface area (Å²) in [6.07, 6.45) is 0. The number of hydrogen-bond acceptors (Lipinski definition) is 4. The third-order valence-corrected chi connectivity index (χ3v) is 7.49. The predicted octanol–water partition coefficient (Wildman–Crippen LogP) is 3.85. The molecule has 1 fully saturated rings. The zero-order valence-electron chi connectivity index (χ0n) is 21.5. The molecule has 1 amide bonds. The van der Waals surface area contributed by atoms with Crippen molar-refractivity contribution in [3.63, 3.8) is 0 Å². The highest BCUT2D eigenvalue weighted by atomic mass is 19.2. The van der Waals surface area contributed by atoms with Crippen molar-refractivity contribution in [3.8, 4) is 0 Å². The number of nitrogens with zero attached hydrogens (tertiary/aromatic N) is 5. The van der Waals surface area contributed by atoms with Gasteiger partial charge in [-0.05, 0) is 31.2 Å². The molecule has 3 heterocycles. The van der Waals surface area contributed by atoms with Crippen LogP contribution in [-0.2, 0) is 7.05 Å². The van der Waals surface area contributed by atoms with E-state index in [1.807, 2.05) is 46.8 Å². The summed E-state index contributed by atoms with van der Waals surface area (Å²) < 4.78 is 43.9. The second-order valence-corrected chi connectivity index (χ2v) is 9.86. The number of para-hydroxylation sites is 1. The van der Waals surface area contributed by atoms with Crippen LogP contribution in [0.25, 0.3) is 22.1 Å². The lowest BCUT2D eigenvalue weighted by atomic mass is 10.1. The van der Waals surface area contributed by atoms with Gasteiger partial charge < -0.3 is 25.1 Å². The fourth-order valence-corrected chi connectivity index (χ4v) is 5.29. The minimum absolute atomic E-state index is 0.0551. The molecule has 8 nitrogen and oxygen atoms in total. The highest BCUT2D eigenvalue weighted by molar-refractivity contribution is 5.97. The van der Waals surface area contributed by atoms with Crippen LogP contribution in [0.3, 0.4) is 0 Å². The van der Waals surface area contributed by atoms with E-state index in [9.17, 15) is 18.0 Å². The maximum atomic E-state index is 14.2. The minimum atomic E-state index is -1.28. The van der Waals surface area contributed by atoms with Crippen molar-refractivity contribution in [2.24, 2.45) is 7.05 Å². The molecular formula is C28H27F3N7O+. The molecule has 1 unspecified atom stereocenters. The molecule has 0 spiro atoms. The Kier molecular flexibility index (Phi) is 6.02. The Balaban J connectivity index is 1.24. The zero-order chi connectivity index (χ0) is 27.4. The number of hydrogen-bond donors (Lipinski definition) is 2. The number of carbonyl (C=O) groups excluding carboxylic acids is 1. The first-order valence-electron chi connectivity index (χ1n) is 12.7. The van der Waals surface area contributed by atoms with Gasteiger partial charge in [0.15, 0.2) is 23.1 Å². The summed E-state index contributed by atoms with van der Waals surface area (Å²) in [5.74, 6) is -3.11. The number of nitrogens with one attached hydrogen (secondary N) is 1. The number of quaternary nitrogens is 1. The van der Waals surface area contributed by atoms with Gasteiger partial charge in [-0.15, -0.1) is 0 Å². The molecule has 1 saturated heterocycles. The standard InChI is InChI=1S/C28H26F3N7O/c1-15(26-34-24-18(30)14-17(29)23(31)25(24)35-26)27-33-20-8-7-16(13-22(20)36(27)2)28(39)38-11-9-37(10-12-38)21-6-4-3-5-19(21)32/h3-8,13-15H,9-12,32H2,1-2H3,(H,34,35)/p+1. The van der Waals surface area contributed by atoms with Crippen molar-refractivity contribution in [1.29, 1.82) is 0 Å². The smallest absolute Gasteiger partial charge is 0.254 e. The predicted molar refractivity (Wildman–Crippen MR) is 141 cm³/mol. The van der Waals surface area contributed by atoms with Crippen LogP contribution in [0, 0.1) is 17.5 Å². The first kappa shape index (κ1) is 24.9. The van der Waals surface area contributed by atoms with Gasteiger partial charge in [0.25, 0.3) is 5.91 Å². The lowest BCUT2D eigenvalue weighted by Crippen LogP contribution is -2.50. The van der Waals surface area contributed by atoms with Gasteiger partial charge in [-0.3, -0.25) is 4.79 Å². The Labute approximate surface area is 221 Å². The van der Waals surface area contributed by atoms with Gasteiger partial charge in [0.2, 0.25) is 0 Å². The van der Waals surface area contributed by atoms with Gasteiger partial charge in [-0.2, -0.15) is 0 Å². The quantitative estimate of drug-likeness (QED) is 0.342. The van der Waals surface area contributed by atoms with Crippen LogP contribution < -0.4 is 10.6 Å². The number of amides is 1. The molecule has 0 aliphatic carbocycles. The van der Waals surface area contributed by atoms with Gasteiger partial charge in [0, 0.05) is 50.9 Å². The van der Waals surface area contributed by atoms with Crippen LogP contribution >= 0.6 is 0 Å². The molecule has 0 radical (unpaired) electrons. The number of aromatic nitrogens is 4. The fraction of sp³-hybridized carbons (Fsp3) is 0.250. The summed E-state index contributed by atoms with van der Waals surface area (Å²) >= 11 is 0. The molecular weight excluding hydrogens is 507 g/mol. The lowest BCUT2D eigenvalue weighted by Gasteiger charge is -2.36. The van der Waals surface area contributed by atoms with E-state index >= 15 is 0 Å². The van der Waals surface area contributed by atoms with E-state index in [0.717, 1.165) is 30.0 Å². The largest absolute Gasteiger partial charge is 0.363 e. The van der Waals surface area contributed by atoms with E-state index in [0.29, 0.717) is 36.1 Å². The van der Waals surface area contributed by atoms with Crippen molar-refractivity contribution in [2.45, 2.75) is 12.8 Å². The second-order valence-electron chi connectivity index (χ2n) is 9.86. The van der Waals surface area contributed by atoms with Crippen molar-refractivity contribution in [3.05, 3.63) is 83.2 Å². The van der Waals surface area contributed by atoms with Gasteiger partial charge in [0.1, 0.15) is 22.7 Å². The van der Waals surface area contributed by atoms with Gasteiger partial charge in [-0.25, -0.2) is 23.1 Å². The highest BCUT2D eigenvalue weighted by Gasteiger charge is 2.26. The van der Waals surface area contributed by atoms with Gasteiger partial charge >= 0.3 is 0 Å². The van der Waals surface area contributed by atoms with Crippen molar-refractivity contribution in [2.75, 3.05) is 31.1 Å². The number of H-pyrrole nitrogens is 1. The number of piperazine rings is 1. The van der Waals surface area contributed by atoms with E-state index < -0.39 is 23.4 Å². The summed E-state index contributed by atoms with van der Waals surface area (Å²) in [7, 11) is 1.81. The maximum Gasteiger partial charge on any atom is 0.254 e. The van der Waals surface area contributed by atoms with Crippen LogP contribution in [0.1, 0.15) is 34.8 Å². The first-order valence-corrected chi connectivity index (χ1v) is 12.7. The minimum Gasteiger partial charge on any atom is -0.363 e. The number of imidazole rings is 2. The van der Waals surface area contributed by atoms with Gasteiger partial charge in [0.05, 0.1) is 22.6 Å². The van der Waals surface area contributed by atoms with E-state index in [4.69, 9.17) is 0 Å². The Morgan fingerprint density at radius 1 is 1.00 bits per heavy atom. The molecule has 3 aromatic carbocycles. The van der Waals surface area contributed by atoms with Crippen molar-refractivity contribution in [1.82, 2.24) is 24.4 Å². The number of halogens is 3. The third-order valence-electron chi connectivity index (χ3n) is 7.49. The molecule has 0 bridgehead atoms. The monoisotopic (exact) mass is 534 g/mol. The second kappa shape index (κ2) is 9.42. The molecule has 1 aliphatic heterocycles. The fourth-order valence-electron chi connectivity index (χ4n) is 5.29. The zero-order valence-corrected chi connectivity index (χ0v) is 21.5. The summed E-state index contributed by atoms with van der Waals surface area (Å²) in [5, 5.41) is 0. The summed E-state index contributed by atoms with van der Waals surface area (Å²) in [5.41, 5.74) is 7.55. The third kappa shape index (κ3) is 4.19. The summed E-state index contributed by atoms with van der Waals surface area (Å²) in [6, 6.07) is 13.8. The van der Waals surface area contributed by atoms with Crippen molar-refractivity contribution < 1.29 is 23.7 Å². The summed E-state index contributed by atoms with van der Waals surface area (Å²) in [6.45, 7) is 4.42. The molecule has 39 heavy (non-hydrogen) atoms. The molecule has 11 heteroatoms. The lowest BCUT2D eigenvalue weighted by molar-refractivity contribution is -0.253. The Morgan fingerprint density at radius 3 is 2.49 bits per heavy atom. The highest BCUT2D eigenvalue weighted by Crippen LogP contribution is 2.30. The SMILES string of the molecule is CC(c1nc2c(F)cc(F)c(F)c2[nH]1)c1nc2ccc(C(=O)N3CCN(c4ccccc4[NH3+])CC3)cc2n1C. The first-order chi connectivity index (χ1) is 18.7. The molecule has 0 saturated carbocycles. The van der Waals surface area contributed by atoms with E-state index in [1.54, 1.807) is 19.1 Å². The topological polar surface area (TPSA) is 97.7 Å². The van der Waals surface area contributed by atoms with E-state index in [-0.39, 0.29) is 22.8 Å². The molecule has 5 aromatic rings. The molecule has 6 rings (SSSR count). The van der Waals surface area contributed by atoms with E-state index in [1.165, 1.54) is 0 Å². The number of carbonyl (C=O) groups is 1. The normalized spacial score (nSPS) is 14.9. The number of aromatic amines is 1. The average molecular weight is 535 g/mol. The molecule has 2 aromatic heterocycles. The average Bonchev–Trinajstić information content (AvgIpc) is 3.54. The number of benzene rings is 3. The maximum absolute atomic E-state index is 14.2. The number of anilines is 1. The Bertz CT molecular complexity index is 1740. The van der Waals surface area contributed by atoms with Crippen LogP contribution in [-0.4, -0.2) is 56.5 Å². The number of rotatable bonds is 4. The van der Waals surface area contributed by atoms with Crippen LogP contribution in [0.2, 0.25) is 0 Å². The number of fused-ring (bicyclic) bond motifs is 2. The van der Waals surface area contributed by atoms with E-state index in [2.05, 4.69) is 25.6 Å². The molecule has 1 aliphatic rings. The van der Waals surface area contributed by atoms with Crippen molar-refractivity contribution >= 4 is 39.3 Å². The van der Waals surface area contributed by atoms with Crippen LogP contribution in [0.4, 0.5) is 24.5 Å². The molecule has 4 N–H and O–H groups in total. The molecule has 200 valence electrons.